The molecule has 8 nitrogen and oxygen atoms in total. The van der Waals surface area contributed by atoms with Gasteiger partial charge in [-0.25, -0.2) is 9.97 Å². The van der Waals surface area contributed by atoms with Crippen molar-refractivity contribution in [3.8, 4) is 0 Å². The molecule has 26 heavy (non-hydrogen) atoms. The molecule has 2 aromatic heterocycles. The summed E-state index contributed by atoms with van der Waals surface area (Å²) in [5.74, 6) is 0.857. The SMILES string of the molecule is c1cnc(N2CCN(C3CN(Cc4cnn5c4COCC5)C3)CC2)nc1. The maximum absolute atomic E-state index is 5.59. The average molecular weight is 355 g/mol. The van der Waals surface area contributed by atoms with Gasteiger partial charge in [-0.3, -0.25) is 14.5 Å². The first-order chi connectivity index (χ1) is 12.9. The minimum absolute atomic E-state index is 0.677. The first kappa shape index (κ1) is 16.2. The van der Waals surface area contributed by atoms with E-state index in [1.165, 1.54) is 11.3 Å². The van der Waals surface area contributed by atoms with E-state index >= 15 is 0 Å². The molecular weight excluding hydrogens is 330 g/mol. The molecule has 8 heteroatoms. The first-order valence-electron chi connectivity index (χ1n) is 9.46. The summed E-state index contributed by atoms with van der Waals surface area (Å²) in [5, 5.41) is 4.50. The minimum atomic E-state index is 0.677. The Balaban J connectivity index is 1.11. The van der Waals surface area contributed by atoms with Gasteiger partial charge in [0.2, 0.25) is 5.95 Å². The lowest BCUT2D eigenvalue weighted by Gasteiger charge is -2.48. The molecule has 138 valence electrons. The average Bonchev–Trinajstić information content (AvgIpc) is 3.08. The van der Waals surface area contributed by atoms with Crippen LogP contribution in [0.5, 0.6) is 0 Å². The molecule has 0 bridgehead atoms. The Hall–Kier alpha value is -2.03. The third-order valence-corrected chi connectivity index (χ3v) is 5.72. The Labute approximate surface area is 153 Å². The van der Waals surface area contributed by atoms with Gasteiger partial charge < -0.3 is 9.64 Å². The predicted molar refractivity (Wildman–Crippen MR) is 96.8 cm³/mol. The Morgan fingerprint density at radius 3 is 2.65 bits per heavy atom. The van der Waals surface area contributed by atoms with Crippen LogP contribution < -0.4 is 4.90 Å². The molecule has 2 fully saturated rings. The molecule has 0 aromatic carbocycles. The molecule has 5 heterocycles. The van der Waals surface area contributed by atoms with Gasteiger partial charge in [0.05, 0.1) is 31.6 Å². The Bertz CT molecular complexity index is 735. The summed E-state index contributed by atoms with van der Waals surface area (Å²) < 4.78 is 7.69. The normalized spacial score (nSPS) is 22.2. The Morgan fingerprint density at radius 1 is 1.04 bits per heavy atom. The van der Waals surface area contributed by atoms with E-state index in [1.807, 2.05) is 24.7 Å². The van der Waals surface area contributed by atoms with Crippen molar-refractivity contribution in [1.82, 2.24) is 29.5 Å². The highest BCUT2D eigenvalue weighted by Gasteiger charge is 2.34. The number of aromatic nitrogens is 4. The zero-order valence-electron chi connectivity index (χ0n) is 15.0. The van der Waals surface area contributed by atoms with E-state index in [2.05, 4.69) is 34.4 Å². The fraction of sp³-hybridized carbons (Fsp3) is 0.611. The van der Waals surface area contributed by atoms with Gasteiger partial charge >= 0.3 is 0 Å². The second-order valence-electron chi connectivity index (χ2n) is 7.31. The van der Waals surface area contributed by atoms with Crippen LogP contribution >= 0.6 is 0 Å². The Kier molecular flexibility index (Phi) is 4.32. The van der Waals surface area contributed by atoms with Crippen molar-refractivity contribution in [3.63, 3.8) is 0 Å². The van der Waals surface area contributed by atoms with E-state index in [0.29, 0.717) is 12.6 Å². The van der Waals surface area contributed by atoms with E-state index in [1.54, 1.807) is 0 Å². The summed E-state index contributed by atoms with van der Waals surface area (Å²) in [5.41, 5.74) is 2.59. The fourth-order valence-corrected chi connectivity index (χ4v) is 4.15. The second-order valence-corrected chi connectivity index (χ2v) is 7.31. The fourth-order valence-electron chi connectivity index (χ4n) is 4.15. The van der Waals surface area contributed by atoms with Gasteiger partial charge in [-0.1, -0.05) is 0 Å². The lowest BCUT2D eigenvalue weighted by Crippen LogP contribution is -2.62. The molecule has 0 radical (unpaired) electrons. The van der Waals surface area contributed by atoms with Crippen LogP contribution in [0.25, 0.3) is 0 Å². The summed E-state index contributed by atoms with van der Waals surface area (Å²) in [6, 6.07) is 2.55. The van der Waals surface area contributed by atoms with Crippen molar-refractivity contribution in [1.29, 1.82) is 0 Å². The first-order valence-corrected chi connectivity index (χ1v) is 9.46. The van der Waals surface area contributed by atoms with Crippen LogP contribution in [0.1, 0.15) is 11.3 Å². The van der Waals surface area contributed by atoms with Crippen molar-refractivity contribution >= 4 is 5.95 Å². The van der Waals surface area contributed by atoms with Crippen molar-refractivity contribution in [2.45, 2.75) is 25.7 Å². The molecule has 2 aromatic rings. The molecule has 0 unspecified atom stereocenters. The molecule has 3 aliphatic rings. The van der Waals surface area contributed by atoms with Crippen molar-refractivity contribution in [2.75, 3.05) is 50.8 Å². The van der Waals surface area contributed by atoms with Gasteiger partial charge in [0.15, 0.2) is 0 Å². The smallest absolute Gasteiger partial charge is 0.225 e. The summed E-state index contributed by atoms with van der Waals surface area (Å²) in [4.78, 5) is 16.1. The lowest BCUT2D eigenvalue weighted by molar-refractivity contribution is 0.0242. The lowest BCUT2D eigenvalue weighted by atomic mass is 10.0. The van der Waals surface area contributed by atoms with Crippen LogP contribution in [0.15, 0.2) is 24.7 Å². The van der Waals surface area contributed by atoms with Gasteiger partial charge in [-0.2, -0.15) is 5.10 Å². The van der Waals surface area contributed by atoms with Crippen LogP contribution in [0.2, 0.25) is 0 Å². The largest absolute Gasteiger partial charge is 0.373 e. The highest BCUT2D eigenvalue weighted by Crippen LogP contribution is 2.23. The Morgan fingerprint density at radius 2 is 1.85 bits per heavy atom. The molecule has 0 amide bonds. The van der Waals surface area contributed by atoms with Gasteiger partial charge in [0, 0.05) is 69.8 Å². The van der Waals surface area contributed by atoms with E-state index in [9.17, 15) is 0 Å². The van der Waals surface area contributed by atoms with Crippen LogP contribution in [-0.2, 0) is 24.4 Å². The van der Waals surface area contributed by atoms with E-state index in [0.717, 1.165) is 64.9 Å². The summed E-state index contributed by atoms with van der Waals surface area (Å²) in [7, 11) is 0. The summed E-state index contributed by atoms with van der Waals surface area (Å²) >= 11 is 0. The topological polar surface area (TPSA) is 62.6 Å². The molecule has 5 rings (SSSR count). The third-order valence-electron chi connectivity index (χ3n) is 5.72. The molecule has 0 saturated carbocycles. The monoisotopic (exact) mass is 355 g/mol. The number of ether oxygens (including phenoxy) is 1. The van der Waals surface area contributed by atoms with E-state index in [4.69, 9.17) is 4.74 Å². The van der Waals surface area contributed by atoms with E-state index in [-0.39, 0.29) is 0 Å². The van der Waals surface area contributed by atoms with Gasteiger partial charge in [0.1, 0.15) is 0 Å². The van der Waals surface area contributed by atoms with Crippen molar-refractivity contribution < 1.29 is 4.74 Å². The summed E-state index contributed by atoms with van der Waals surface area (Å²) in [6.07, 6.45) is 5.66. The predicted octanol–water partition coefficient (Wildman–Crippen LogP) is 0.210. The van der Waals surface area contributed by atoms with Crippen LogP contribution in [0.3, 0.4) is 0 Å². The molecule has 0 atom stereocenters. The third kappa shape index (κ3) is 3.08. The maximum atomic E-state index is 5.59. The number of nitrogens with zero attached hydrogens (tertiary/aromatic N) is 7. The van der Waals surface area contributed by atoms with Crippen LogP contribution in [-0.4, -0.2) is 81.5 Å². The highest BCUT2D eigenvalue weighted by molar-refractivity contribution is 5.29. The number of fused-ring (bicyclic) bond motifs is 1. The molecule has 0 spiro atoms. The highest BCUT2D eigenvalue weighted by atomic mass is 16.5. The van der Waals surface area contributed by atoms with Crippen molar-refractivity contribution in [2.24, 2.45) is 0 Å². The quantitative estimate of drug-likeness (QED) is 0.777. The molecular formula is C18H25N7O. The number of hydrogen-bond acceptors (Lipinski definition) is 7. The van der Waals surface area contributed by atoms with Gasteiger partial charge in [0.25, 0.3) is 0 Å². The zero-order valence-corrected chi connectivity index (χ0v) is 15.0. The van der Waals surface area contributed by atoms with Crippen LogP contribution in [0, 0.1) is 0 Å². The second kappa shape index (κ2) is 6.94. The number of piperazine rings is 1. The number of anilines is 1. The number of rotatable bonds is 4. The van der Waals surface area contributed by atoms with E-state index < -0.39 is 0 Å². The zero-order chi connectivity index (χ0) is 17.3. The summed E-state index contributed by atoms with van der Waals surface area (Å²) in [6.45, 7) is 9.85. The molecule has 3 aliphatic heterocycles. The number of likely N-dealkylation sites (tertiary alicyclic amines) is 1. The molecule has 2 saturated heterocycles. The standard InChI is InChI=1S/C18H25N7O/c1-2-19-18(20-3-1)24-6-4-23(5-7-24)16-12-22(13-16)11-15-10-21-25-8-9-26-14-17(15)25/h1-3,10,16H,4-9,11-14H2. The van der Waals surface area contributed by atoms with Crippen LogP contribution in [0.4, 0.5) is 5.95 Å². The van der Waals surface area contributed by atoms with Gasteiger partial charge in [-0.15, -0.1) is 0 Å². The molecule has 0 aliphatic carbocycles. The van der Waals surface area contributed by atoms with Crippen molar-refractivity contribution in [3.05, 3.63) is 35.9 Å². The molecule has 0 N–H and O–H groups in total. The maximum Gasteiger partial charge on any atom is 0.225 e. The number of hydrogen-bond donors (Lipinski definition) is 0. The van der Waals surface area contributed by atoms with Gasteiger partial charge in [-0.05, 0) is 6.07 Å². The minimum Gasteiger partial charge on any atom is -0.373 e.